The number of rotatable bonds is 1. The van der Waals surface area contributed by atoms with Gasteiger partial charge in [-0.25, -0.2) is 9.59 Å². The van der Waals surface area contributed by atoms with Crippen molar-refractivity contribution in [3.8, 4) is 0 Å². The Morgan fingerprint density at radius 3 is 3.00 bits per heavy atom. The number of hydrogen-bond donors (Lipinski definition) is 0. The van der Waals surface area contributed by atoms with Gasteiger partial charge in [-0.05, 0) is 13.0 Å². The zero-order valence-corrected chi connectivity index (χ0v) is 11.6. The number of carbonyl (C=O) groups is 2. The van der Waals surface area contributed by atoms with Gasteiger partial charge >= 0.3 is 11.9 Å². The molecular weight excluding hydrogens is 276 g/mol. The topological polar surface area (TPSA) is 71.1 Å². The molecule has 5 atom stereocenters. The van der Waals surface area contributed by atoms with Crippen LogP contribution in [0.5, 0.6) is 0 Å². The van der Waals surface area contributed by atoms with Crippen LogP contribution >= 0.6 is 0 Å². The maximum Gasteiger partial charge on any atom is 0.337 e. The average molecular weight is 290 g/mol. The Balaban J connectivity index is 1.78. The molecule has 6 nitrogen and oxygen atoms in total. The fourth-order valence-corrected chi connectivity index (χ4v) is 3.74. The van der Waals surface area contributed by atoms with Crippen molar-refractivity contribution in [2.75, 3.05) is 7.11 Å². The molecule has 0 radical (unpaired) electrons. The van der Waals surface area contributed by atoms with E-state index in [9.17, 15) is 9.59 Å². The highest BCUT2D eigenvalue weighted by atomic mass is 16.7. The number of methoxy groups -OCH3 is 1. The van der Waals surface area contributed by atoms with Crippen molar-refractivity contribution < 1.29 is 28.5 Å². The predicted octanol–water partition coefficient (Wildman–Crippen LogP) is 0.842. The molecule has 110 valence electrons. The lowest BCUT2D eigenvalue weighted by Crippen LogP contribution is -2.43. The summed E-state index contributed by atoms with van der Waals surface area (Å²) in [6.45, 7) is 1.77. The number of allylic oxidation sites excluding steroid dienone is 2. The highest BCUT2D eigenvalue weighted by Gasteiger charge is 2.70. The molecule has 0 aromatic carbocycles. The molecule has 0 N–H and O–H groups in total. The quantitative estimate of drug-likeness (QED) is 0.405. The second-order valence-electron chi connectivity index (χ2n) is 5.48. The van der Waals surface area contributed by atoms with Crippen LogP contribution in [0.3, 0.4) is 0 Å². The molecule has 1 spiro atoms. The number of ether oxygens (including phenoxy) is 4. The van der Waals surface area contributed by atoms with Crippen LogP contribution in [0.15, 0.2) is 35.6 Å². The average Bonchev–Trinajstić information content (AvgIpc) is 3.08. The number of esters is 2. The summed E-state index contributed by atoms with van der Waals surface area (Å²) in [5.41, 5.74) is 0.0425. The minimum Gasteiger partial charge on any atom is -0.471 e. The zero-order valence-electron chi connectivity index (χ0n) is 11.6. The molecule has 6 heteroatoms. The summed E-state index contributed by atoms with van der Waals surface area (Å²) in [5.74, 6) is -1.31. The Morgan fingerprint density at radius 2 is 2.29 bits per heavy atom. The first-order valence-electron chi connectivity index (χ1n) is 6.80. The number of hydrogen-bond acceptors (Lipinski definition) is 6. The van der Waals surface area contributed by atoms with E-state index >= 15 is 0 Å². The Morgan fingerprint density at radius 1 is 1.48 bits per heavy atom. The van der Waals surface area contributed by atoms with Crippen LogP contribution in [0, 0.1) is 11.8 Å². The lowest BCUT2D eigenvalue weighted by molar-refractivity contribution is -0.152. The first-order valence-corrected chi connectivity index (χ1v) is 6.80. The second-order valence-corrected chi connectivity index (χ2v) is 5.48. The van der Waals surface area contributed by atoms with E-state index in [0.29, 0.717) is 11.1 Å². The SMILES string of the molecule is CC=C1C(=O)O[C@@]23C=C[C@H]4C(C(=O)OC)=CO[C@@H](O[C@@H]12)[C@H]43. The van der Waals surface area contributed by atoms with Crippen LogP contribution in [-0.4, -0.2) is 37.0 Å². The summed E-state index contributed by atoms with van der Waals surface area (Å²) in [6, 6.07) is 0. The van der Waals surface area contributed by atoms with Gasteiger partial charge in [-0.1, -0.05) is 12.2 Å². The van der Waals surface area contributed by atoms with Crippen LogP contribution in [0.25, 0.3) is 0 Å². The first kappa shape index (κ1) is 12.6. The molecule has 4 rings (SSSR count). The van der Waals surface area contributed by atoms with Crippen molar-refractivity contribution in [2.45, 2.75) is 24.9 Å². The zero-order chi connectivity index (χ0) is 14.8. The maximum atomic E-state index is 12.0. The third-order valence-corrected chi connectivity index (χ3v) is 4.65. The molecule has 1 aliphatic carbocycles. The minimum atomic E-state index is -0.873. The molecule has 2 fully saturated rings. The molecular formula is C15H14O6. The monoisotopic (exact) mass is 290 g/mol. The van der Waals surface area contributed by atoms with Crippen molar-refractivity contribution in [1.29, 1.82) is 0 Å². The van der Waals surface area contributed by atoms with Crippen LogP contribution in [-0.2, 0) is 28.5 Å². The van der Waals surface area contributed by atoms with Gasteiger partial charge in [-0.15, -0.1) is 0 Å². The lowest BCUT2D eigenvalue weighted by Gasteiger charge is -2.32. The largest absolute Gasteiger partial charge is 0.471 e. The summed E-state index contributed by atoms with van der Waals surface area (Å²) >= 11 is 0. The van der Waals surface area contributed by atoms with E-state index in [1.165, 1.54) is 13.4 Å². The normalized spacial score (nSPS) is 44.0. The van der Waals surface area contributed by atoms with Gasteiger partial charge in [0.2, 0.25) is 6.29 Å². The maximum absolute atomic E-state index is 12.0. The molecule has 3 aliphatic heterocycles. The van der Waals surface area contributed by atoms with Gasteiger partial charge in [0.25, 0.3) is 0 Å². The summed E-state index contributed by atoms with van der Waals surface area (Å²) in [5, 5.41) is 0. The predicted molar refractivity (Wildman–Crippen MR) is 68.5 cm³/mol. The van der Waals surface area contributed by atoms with Crippen LogP contribution in [0.2, 0.25) is 0 Å². The molecule has 4 aliphatic rings. The van der Waals surface area contributed by atoms with Gasteiger partial charge < -0.3 is 18.9 Å². The number of carbonyl (C=O) groups excluding carboxylic acids is 2. The molecule has 3 heterocycles. The fourth-order valence-electron chi connectivity index (χ4n) is 3.74. The van der Waals surface area contributed by atoms with Gasteiger partial charge in [-0.2, -0.15) is 0 Å². The van der Waals surface area contributed by atoms with Crippen LogP contribution in [0.1, 0.15) is 6.92 Å². The second kappa shape index (κ2) is 3.98. The van der Waals surface area contributed by atoms with Gasteiger partial charge in [0, 0.05) is 5.92 Å². The van der Waals surface area contributed by atoms with Crippen molar-refractivity contribution in [3.05, 3.63) is 35.6 Å². The molecule has 2 saturated heterocycles. The highest BCUT2D eigenvalue weighted by Crippen LogP contribution is 2.57. The van der Waals surface area contributed by atoms with E-state index in [2.05, 4.69) is 0 Å². The van der Waals surface area contributed by atoms with E-state index in [0.717, 1.165) is 0 Å². The highest BCUT2D eigenvalue weighted by molar-refractivity contribution is 5.94. The van der Waals surface area contributed by atoms with Gasteiger partial charge in [0.05, 0.1) is 30.4 Å². The lowest BCUT2D eigenvalue weighted by atomic mass is 9.78. The summed E-state index contributed by atoms with van der Waals surface area (Å²) in [4.78, 5) is 23.8. The van der Waals surface area contributed by atoms with E-state index in [1.807, 2.05) is 12.2 Å². The van der Waals surface area contributed by atoms with E-state index in [1.54, 1.807) is 13.0 Å². The Labute approximate surface area is 121 Å². The van der Waals surface area contributed by atoms with Crippen LogP contribution in [0.4, 0.5) is 0 Å². The third-order valence-electron chi connectivity index (χ3n) is 4.65. The molecule has 0 saturated carbocycles. The Hall–Kier alpha value is -2.08. The molecule has 21 heavy (non-hydrogen) atoms. The van der Waals surface area contributed by atoms with E-state index in [-0.39, 0.29) is 17.8 Å². The van der Waals surface area contributed by atoms with Crippen molar-refractivity contribution in [2.24, 2.45) is 11.8 Å². The van der Waals surface area contributed by atoms with Gasteiger partial charge in [-0.3, -0.25) is 0 Å². The van der Waals surface area contributed by atoms with Crippen molar-refractivity contribution in [3.63, 3.8) is 0 Å². The molecule has 0 aromatic heterocycles. The standard InChI is InChI=1S/C15H14O6/c1-3-7-11-15(21-13(7)17)5-4-8-9(12(16)18-2)6-19-14(20-11)10(8)15/h3-6,8,10-11,14H,1-2H3/t8-,10-,11-,14-,15+/m0/s1. The smallest absolute Gasteiger partial charge is 0.337 e. The van der Waals surface area contributed by atoms with Gasteiger partial charge in [0.15, 0.2) is 5.60 Å². The van der Waals surface area contributed by atoms with Crippen molar-refractivity contribution >= 4 is 11.9 Å². The van der Waals surface area contributed by atoms with Crippen molar-refractivity contribution in [1.82, 2.24) is 0 Å². The fraction of sp³-hybridized carbons (Fsp3) is 0.467. The third kappa shape index (κ3) is 1.35. The Kier molecular flexibility index (Phi) is 2.39. The molecule has 0 bridgehead atoms. The Bertz CT molecular complexity index is 630. The summed E-state index contributed by atoms with van der Waals surface area (Å²) < 4.78 is 21.8. The van der Waals surface area contributed by atoms with Crippen LogP contribution < -0.4 is 0 Å². The summed E-state index contributed by atoms with van der Waals surface area (Å²) in [6.07, 6.45) is 5.77. The minimum absolute atomic E-state index is 0.231. The summed E-state index contributed by atoms with van der Waals surface area (Å²) in [7, 11) is 1.32. The van der Waals surface area contributed by atoms with Gasteiger partial charge in [0.1, 0.15) is 6.10 Å². The van der Waals surface area contributed by atoms with E-state index < -0.39 is 24.0 Å². The first-order chi connectivity index (χ1) is 10.1. The van der Waals surface area contributed by atoms with E-state index in [4.69, 9.17) is 18.9 Å². The molecule has 0 amide bonds. The molecule has 0 aromatic rings. The molecule has 0 unspecified atom stereocenters.